The fourth-order valence-corrected chi connectivity index (χ4v) is 1.67. The smallest absolute Gasteiger partial charge is 0.308 e. The first kappa shape index (κ1) is 18.4. The summed E-state index contributed by atoms with van der Waals surface area (Å²) in [6.07, 6.45) is 3.28. The predicted molar refractivity (Wildman–Crippen MR) is 87.1 cm³/mol. The molecule has 1 aromatic carbocycles. The summed E-state index contributed by atoms with van der Waals surface area (Å²) in [6, 6.07) is 6.33. The van der Waals surface area contributed by atoms with Crippen LogP contribution in [0.4, 0.5) is 0 Å². The van der Waals surface area contributed by atoms with Crippen molar-refractivity contribution >= 4 is 17.8 Å². The summed E-state index contributed by atoms with van der Waals surface area (Å²) in [6.45, 7) is 5.89. The minimum atomic E-state index is -0.445. The molecular weight excluding hydrogens is 296 g/mol. The number of ether oxygens (including phenoxy) is 1. The molecule has 0 fully saturated rings. The van der Waals surface area contributed by atoms with E-state index in [1.807, 2.05) is 13.8 Å². The SMILES string of the molecule is CC(=O)Oc1cccc(C(=O)NCCNC(=O)/C=C/C(C)C)c1. The van der Waals surface area contributed by atoms with Crippen LogP contribution < -0.4 is 15.4 Å². The number of esters is 1. The fourth-order valence-electron chi connectivity index (χ4n) is 1.67. The third-order valence-corrected chi connectivity index (χ3v) is 2.70. The fraction of sp³-hybridized carbons (Fsp3) is 0.353. The zero-order chi connectivity index (χ0) is 17.2. The number of hydrogen-bond donors (Lipinski definition) is 2. The maximum absolute atomic E-state index is 12.0. The van der Waals surface area contributed by atoms with Crippen LogP contribution in [0.2, 0.25) is 0 Å². The van der Waals surface area contributed by atoms with Crippen LogP contribution in [0.5, 0.6) is 5.75 Å². The number of benzene rings is 1. The van der Waals surface area contributed by atoms with E-state index < -0.39 is 5.97 Å². The van der Waals surface area contributed by atoms with Crippen molar-refractivity contribution in [3.8, 4) is 5.75 Å². The van der Waals surface area contributed by atoms with Gasteiger partial charge in [-0.25, -0.2) is 0 Å². The molecule has 1 aromatic rings. The molecule has 124 valence electrons. The van der Waals surface area contributed by atoms with E-state index in [0.29, 0.717) is 30.3 Å². The van der Waals surface area contributed by atoms with E-state index in [0.717, 1.165) is 0 Å². The Bertz CT molecular complexity index is 594. The molecule has 1 rings (SSSR count). The third kappa shape index (κ3) is 7.80. The molecule has 0 aliphatic rings. The topological polar surface area (TPSA) is 84.5 Å². The summed E-state index contributed by atoms with van der Waals surface area (Å²) < 4.78 is 4.92. The lowest BCUT2D eigenvalue weighted by Crippen LogP contribution is -2.34. The second-order valence-electron chi connectivity index (χ2n) is 5.27. The van der Waals surface area contributed by atoms with E-state index in [1.54, 1.807) is 24.3 Å². The van der Waals surface area contributed by atoms with Gasteiger partial charge in [0, 0.05) is 25.6 Å². The summed E-state index contributed by atoms with van der Waals surface area (Å²) in [5.74, 6) is -0.308. The van der Waals surface area contributed by atoms with Gasteiger partial charge in [-0.05, 0) is 30.2 Å². The van der Waals surface area contributed by atoms with E-state index >= 15 is 0 Å². The van der Waals surface area contributed by atoms with Gasteiger partial charge in [0.15, 0.2) is 0 Å². The van der Waals surface area contributed by atoms with Crippen molar-refractivity contribution in [2.24, 2.45) is 5.92 Å². The highest BCUT2D eigenvalue weighted by molar-refractivity contribution is 5.94. The molecule has 2 amide bonds. The van der Waals surface area contributed by atoms with Gasteiger partial charge in [0.1, 0.15) is 5.75 Å². The summed E-state index contributed by atoms with van der Waals surface area (Å²) in [5.41, 5.74) is 0.384. The Hall–Kier alpha value is -2.63. The standard InChI is InChI=1S/C17H22N2O4/c1-12(2)7-8-16(21)18-9-10-19-17(22)14-5-4-6-15(11-14)23-13(3)20/h4-8,11-12H,9-10H2,1-3H3,(H,18,21)(H,19,22)/b8-7+. The molecule has 0 bridgehead atoms. The number of hydrogen-bond acceptors (Lipinski definition) is 4. The van der Waals surface area contributed by atoms with Gasteiger partial charge in [0.25, 0.3) is 5.91 Å². The molecule has 0 unspecified atom stereocenters. The van der Waals surface area contributed by atoms with Crippen LogP contribution in [-0.4, -0.2) is 30.9 Å². The van der Waals surface area contributed by atoms with Crippen molar-refractivity contribution in [1.29, 1.82) is 0 Å². The zero-order valence-corrected chi connectivity index (χ0v) is 13.6. The minimum Gasteiger partial charge on any atom is -0.427 e. The lowest BCUT2D eigenvalue weighted by atomic mass is 10.2. The lowest BCUT2D eigenvalue weighted by molar-refractivity contribution is -0.131. The number of amides is 2. The van der Waals surface area contributed by atoms with Gasteiger partial charge in [-0.2, -0.15) is 0 Å². The average molecular weight is 318 g/mol. The lowest BCUT2D eigenvalue weighted by Gasteiger charge is -2.07. The van der Waals surface area contributed by atoms with Crippen LogP contribution in [0.25, 0.3) is 0 Å². The Kier molecular flexibility index (Phi) is 7.53. The van der Waals surface area contributed by atoms with Gasteiger partial charge in [-0.15, -0.1) is 0 Å². The van der Waals surface area contributed by atoms with Gasteiger partial charge in [-0.3, -0.25) is 14.4 Å². The van der Waals surface area contributed by atoms with Crippen LogP contribution in [0.15, 0.2) is 36.4 Å². The highest BCUT2D eigenvalue weighted by atomic mass is 16.5. The molecular formula is C17H22N2O4. The molecule has 6 heteroatoms. The number of allylic oxidation sites excluding steroid dienone is 1. The Balaban J connectivity index is 2.39. The van der Waals surface area contributed by atoms with Crippen molar-refractivity contribution in [2.45, 2.75) is 20.8 Å². The molecule has 6 nitrogen and oxygen atoms in total. The number of carbonyl (C=O) groups excluding carboxylic acids is 3. The Morgan fingerprint density at radius 3 is 2.52 bits per heavy atom. The summed E-state index contributed by atoms with van der Waals surface area (Å²) >= 11 is 0. The number of nitrogens with one attached hydrogen (secondary N) is 2. The number of carbonyl (C=O) groups is 3. The first-order chi connectivity index (χ1) is 10.9. The van der Waals surface area contributed by atoms with Crippen molar-refractivity contribution < 1.29 is 19.1 Å². The molecule has 0 heterocycles. The first-order valence-electron chi connectivity index (χ1n) is 7.41. The molecule has 0 spiro atoms. The molecule has 0 saturated carbocycles. The van der Waals surface area contributed by atoms with E-state index in [4.69, 9.17) is 4.74 Å². The minimum absolute atomic E-state index is 0.190. The Labute approximate surface area is 135 Å². The van der Waals surface area contributed by atoms with Crippen molar-refractivity contribution in [1.82, 2.24) is 10.6 Å². The van der Waals surface area contributed by atoms with E-state index in [9.17, 15) is 14.4 Å². The molecule has 2 N–H and O–H groups in total. The second kappa shape index (κ2) is 9.40. The molecule has 0 atom stereocenters. The molecule has 0 radical (unpaired) electrons. The van der Waals surface area contributed by atoms with Crippen molar-refractivity contribution in [3.63, 3.8) is 0 Å². The van der Waals surface area contributed by atoms with Gasteiger partial charge in [0.2, 0.25) is 5.91 Å². The molecule has 0 aliphatic heterocycles. The Morgan fingerprint density at radius 2 is 1.87 bits per heavy atom. The molecule has 23 heavy (non-hydrogen) atoms. The van der Waals surface area contributed by atoms with Crippen LogP contribution in [0.1, 0.15) is 31.1 Å². The molecule has 0 saturated heterocycles. The largest absolute Gasteiger partial charge is 0.427 e. The van der Waals surface area contributed by atoms with Gasteiger partial charge < -0.3 is 15.4 Å². The maximum atomic E-state index is 12.0. The quantitative estimate of drug-likeness (QED) is 0.347. The number of rotatable bonds is 7. The average Bonchev–Trinajstić information content (AvgIpc) is 2.49. The van der Waals surface area contributed by atoms with Crippen molar-refractivity contribution in [2.75, 3.05) is 13.1 Å². The monoisotopic (exact) mass is 318 g/mol. The van der Waals surface area contributed by atoms with E-state index in [-0.39, 0.29) is 11.8 Å². The van der Waals surface area contributed by atoms with Crippen LogP contribution >= 0.6 is 0 Å². The first-order valence-corrected chi connectivity index (χ1v) is 7.41. The molecule has 0 aliphatic carbocycles. The third-order valence-electron chi connectivity index (χ3n) is 2.70. The zero-order valence-electron chi connectivity index (χ0n) is 13.6. The maximum Gasteiger partial charge on any atom is 0.308 e. The van der Waals surface area contributed by atoms with E-state index in [2.05, 4.69) is 10.6 Å². The highest BCUT2D eigenvalue weighted by Crippen LogP contribution is 2.13. The van der Waals surface area contributed by atoms with Crippen LogP contribution in [0.3, 0.4) is 0 Å². The van der Waals surface area contributed by atoms with E-state index in [1.165, 1.54) is 19.1 Å². The van der Waals surface area contributed by atoms with Crippen molar-refractivity contribution in [3.05, 3.63) is 42.0 Å². The summed E-state index contributed by atoms with van der Waals surface area (Å²) in [5, 5.41) is 5.35. The Morgan fingerprint density at radius 1 is 1.17 bits per heavy atom. The molecule has 0 aromatic heterocycles. The second-order valence-corrected chi connectivity index (χ2v) is 5.27. The van der Waals surface area contributed by atoms with Crippen LogP contribution in [0, 0.1) is 5.92 Å². The summed E-state index contributed by atoms with van der Waals surface area (Å²) in [7, 11) is 0. The van der Waals surface area contributed by atoms with Gasteiger partial charge in [-0.1, -0.05) is 26.0 Å². The predicted octanol–water partition coefficient (Wildman–Crippen LogP) is 1.67. The van der Waals surface area contributed by atoms with Gasteiger partial charge >= 0.3 is 5.97 Å². The summed E-state index contributed by atoms with van der Waals surface area (Å²) in [4.78, 5) is 34.3. The normalized spacial score (nSPS) is 10.6. The highest BCUT2D eigenvalue weighted by Gasteiger charge is 2.07. The van der Waals surface area contributed by atoms with Crippen LogP contribution in [-0.2, 0) is 9.59 Å². The van der Waals surface area contributed by atoms with Gasteiger partial charge in [0.05, 0.1) is 0 Å².